The third-order valence-electron chi connectivity index (χ3n) is 4.37. The van der Waals surface area contributed by atoms with Gasteiger partial charge in [0.05, 0.1) is 32.8 Å². The van der Waals surface area contributed by atoms with Gasteiger partial charge in [-0.15, -0.1) is 0 Å². The van der Waals surface area contributed by atoms with Gasteiger partial charge in [0.2, 0.25) is 11.8 Å². The van der Waals surface area contributed by atoms with Crippen LogP contribution in [-0.2, 0) is 11.3 Å². The van der Waals surface area contributed by atoms with Crippen molar-refractivity contribution in [1.82, 2.24) is 19.5 Å². The van der Waals surface area contributed by atoms with Gasteiger partial charge in [0.25, 0.3) is 0 Å². The minimum Gasteiger partial charge on any atom is -0.497 e. The molecule has 0 amide bonds. The van der Waals surface area contributed by atoms with Crippen molar-refractivity contribution in [2.45, 2.75) is 26.3 Å². The van der Waals surface area contributed by atoms with Crippen LogP contribution in [-0.4, -0.2) is 54.1 Å². The first-order valence-electron chi connectivity index (χ1n) is 9.53. The van der Waals surface area contributed by atoms with Gasteiger partial charge in [0, 0.05) is 19.7 Å². The number of fused-ring (bicyclic) bond motifs is 1. The molecule has 9 nitrogen and oxygen atoms in total. The van der Waals surface area contributed by atoms with E-state index >= 15 is 0 Å². The maximum atomic E-state index is 5.81. The minimum absolute atomic E-state index is 0.371. The van der Waals surface area contributed by atoms with Crippen LogP contribution in [0.15, 0.2) is 24.5 Å². The van der Waals surface area contributed by atoms with Gasteiger partial charge < -0.3 is 28.8 Å². The Bertz CT molecular complexity index is 944. The van der Waals surface area contributed by atoms with Gasteiger partial charge in [-0.1, -0.05) is 13.3 Å². The number of aromatic nitrogens is 4. The fraction of sp³-hybridized carbons (Fsp3) is 0.450. The molecule has 0 bridgehead atoms. The zero-order valence-electron chi connectivity index (χ0n) is 17.3. The smallest absolute Gasteiger partial charge is 0.247 e. The average molecular weight is 401 g/mol. The molecule has 0 spiro atoms. The van der Waals surface area contributed by atoms with Crippen molar-refractivity contribution in [1.29, 1.82) is 0 Å². The Morgan fingerprint density at radius 1 is 1.07 bits per heavy atom. The Hall–Kier alpha value is -3.07. The van der Waals surface area contributed by atoms with E-state index < -0.39 is 0 Å². The lowest BCUT2D eigenvalue weighted by molar-refractivity contribution is 0.144. The normalized spacial score (nSPS) is 10.9. The Kier molecular flexibility index (Phi) is 7.07. The maximum Gasteiger partial charge on any atom is 0.247 e. The molecule has 0 aliphatic heterocycles. The number of hydrogen-bond acceptors (Lipinski definition) is 8. The van der Waals surface area contributed by atoms with Crippen molar-refractivity contribution in [2.24, 2.45) is 0 Å². The molecule has 29 heavy (non-hydrogen) atoms. The number of unbranched alkanes of at least 4 members (excludes halogenated alkanes) is 1. The second kappa shape index (κ2) is 9.92. The van der Waals surface area contributed by atoms with Crippen molar-refractivity contribution in [3.05, 3.63) is 24.5 Å². The number of ether oxygens (including phenoxy) is 4. The first-order valence-corrected chi connectivity index (χ1v) is 9.53. The van der Waals surface area contributed by atoms with E-state index in [1.165, 1.54) is 0 Å². The molecule has 0 saturated carbocycles. The lowest BCUT2D eigenvalue weighted by Crippen LogP contribution is -2.08. The number of imidazole rings is 1. The van der Waals surface area contributed by atoms with Crippen LogP contribution >= 0.6 is 0 Å². The molecule has 9 heteroatoms. The number of anilines is 2. The van der Waals surface area contributed by atoms with Gasteiger partial charge in [-0.05, 0) is 18.6 Å². The lowest BCUT2D eigenvalue weighted by atomic mass is 10.2. The van der Waals surface area contributed by atoms with Crippen LogP contribution in [0.2, 0.25) is 0 Å². The molecule has 3 aromatic rings. The largest absolute Gasteiger partial charge is 0.497 e. The van der Waals surface area contributed by atoms with E-state index in [9.17, 15) is 0 Å². The summed E-state index contributed by atoms with van der Waals surface area (Å²) in [5.41, 5.74) is 2.07. The molecule has 156 valence electrons. The summed E-state index contributed by atoms with van der Waals surface area (Å²) >= 11 is 0. The van der Waals surface area contributed by atoms with Crippen LogP contribution in [0.5, 0.6) is 17.4 Å². The third kappa shape index (κ3) is 4.86. The quantitative estimate of drug-likeness (QED) is 0.489. The van der Waals surface area contributed by atoms with Gasteiger partial charge in [0.1, 0.15) is 18.1 Å². The second-order valence-electron chi connectivity index (χ2n) is 6.35. The SMILES string of the molecule is CCCCn1cnc2c(OCCOC)nc(Nc3ccc(OC)cc3OC)nc21. The van der Waals surface area contributed by atoms with Gasteiger partial charge in [-0.2, -0.15) is 9.97 Å². The fourth-order valence-electron chi connectivity index (χ4n) is 2.81. The number of nitrogens with zero attached hydrogens (tertiary/aromatic N) is 4. The van der Waals surface area contributed by atoms with E-state index in [0.717, 1.165) is 30.7 Å². The highest BCUT2D eigenvalue weighted by Gasteiger charge is 2.16. The summed E-state index contributed by atoms with van der Waals surface area (Å²) in [5.74, 6) is 2.13. The molecule has 0 aliphatic rings. The molecule has 2 aromatic heterocycles. The highest BCUT2D eigenvalue weighted by Crippen LogP contribution is 2.32. The highest BCUT2D eigenvalue weighted by molar-refractivity contribution is 5.79. The molecule has 2 heterocycles. The monoisotopic (exact) mass is 401 g/mol. The zero-order chi connectivity index (χ0) is 20.6. The molecule has 0 saturated heterocycles. The molecule has 0 aliphatic carbocycles. The minimum atomic E-state index is 0.371. The third-order valence-corrected chi connectivity index (χ3v) is 4.37. The van der Waals surface area contributed by atoms with E-state index in [-0.39, 0.29) is 0 Å². The van der Waals surface area contributed by atoms with E-state index in [0.29, 0.717) is 42.1 Å². The van der Waals surface area contributed by atoms with E-state index in [1.54, 1.807) is 33.7 Å². The number of benzene rings is 1. The van der Waals surface area contributed by atoms with E-state index in [4.69, 9.17) is 18.9 Å². The average Bonchev–Trinajstić information content (AvgIpc) is 3.15. The van der Waals surface area contributed by atoms with Crippen LogP contribution < -0.4 is 19.5 Å². The van der Waals surface area contributed by atoms with Gasteiger partial charge in [0.15, 0.2) is 11.2 Å². The molecule has 0 radical (unpaired) electrons. The Balaban J connectivity index is 1.97. The van der Waals surface area contributed by atoms with Gasteiger partial charge in [-0.3, -0.25) is 0 Å². The molecule has 0 unspecified atom stereocenters. The van der Waals surface area contributed by atoms with Crippen molar-refractivity contribution in [3.8, 4) is 17.4 Å². The summed E-state index contributed by atoms with van der Waals surface area (Å²) in [6.45, 7) is 3.80. The molecule has 0 fully saturated rings. The van der Waals surface area contributed by atoms with Crippen LogP contribution in [0.4, 0.5) is 11.6 Å². The Labute approximate surface area is 170 Å². The van der Waals surface area contributed by atoms with Crippen molar-refractivity contribution in [3.63, 3.8) is 0 Å². The molecule has 0 atom stereocenters. The van der Waals surface area contributed by atoms with Crippen LogP contribution in [0.1, 0.15) is 19.8 Å². The topological polar surface area (TPSA) is 92.6 Å². The van der Waals surface area contributed by atoms with Crippen molar-refractivity contribution < 1.29 is 18.9 Å². The first kappa shape index (κ1) is 20.7. The van der Waals surface area contributed by atoms with Crippen LogP contribution in [0.3, 0.4) is 0 Å². The summed E-state index contributed by atoms with van der Waals surface area (Å²) in [7, 11) is 4.84. The highest BCUT2D eigenvalue weighted by atomic mass is 16.5. The summed E-state index contributed by atoms with van der Waals surface area (Å²) in [5, 5.41) is 3.22. The Morgan fingerprint density at radius 3 is 2.66 bits per heavy atom. The number of methoxy groups -OCH3 is 3. The molecular formula is C20H27N5O4. The van der Waals surface area contributed by atoms with Gasteiger partial charge >= 0.3 is 0 Å². The molecule has 1 N–H and O–H groups in total. The predicted molar refractivity (Wildman–Crippen MR) is 110 cm³/mol. The lowest BCUT2D eigenvalue weighted by Gasteiger charge is -2.13. The number of rotatable bonds is 11. The Morgan fingerprint density at radius 2 is 1.93 bits per heavy atom. The van der Waals surface area contributed by atoms with E-state index in [2.05, 4.69) is 27.2 Å². The van der Waals surface area contributed by atoms with Crippen molar-refractivity contribution >= 4 is 22.8 Å². The number of nitrogens with one attached hydrogen (secondary N) is 1. The number of aryl methyl sites for hydroxylation is 1. The zero-order valence-corrected chi connectivity index (χ0v) is 17.3. The molecule has 1 aromatic carbocycles. The van der Waals surface area contributed by atoms with Crippen LogP contribution in [0, 0.1) is 0 Å². The summed E-state index contributed by atoms with van der Waals surface area (Å²) in [6.07, 6.45) is 3.89. The fourth-order valence-corrected chi connectivity index (χ4v) is 2.81. The van der Waals surface area contributed by atoms with Crippen molar-refractivity contribution in [2.75, 3.05) is 39.9 Å². The van der Waals surface area contributed by atoms with Crippen LogP contribution in [0.25, 0.3) is 11.2 Å². The second-order valence-corrected chi connectivity index (χ2v) is 6.35. The summed E-state index contributed by atoms with van der Waals surface area (Å²) in [4.78, 5) is 13.6. The molecule has 3 rings (SSSR count). The predicted octanol–water partition coefficient (Wildman–Crippen LogP) is 3.41. The van der Waals surface area contributed by atoms with E-state index in [1.807, 2.05) is 16.7 Å². The first-order chi connectivity index (χ1) is 14.2. The maximum absolute atomic E-state index is 5.81. The summed E-state index contributed by atoms with van der Waals surface area (Å²) in [6, 6.07) is 5.48. The summed E-state index contributed by atoms with van der Waals surface area (Å²) < 4.78 is 23.6. The standard InChI is InChI=1S/C20H27N5O4/c1-5-6-9-25-13-21-17-18(25)23-20(24-19(17)29-11-10-26-2)22-15-8-7-14(27-3)12-16(15)28-4/h7-8,12-13H,5-6,9-11H2,1-4H3,(H,22,23,24). The molecular weight excluding hydrogens is 374 g/mol. The van der Waals surface area contributed by atoms with Gasteiger partial charge in [-0.25, -0.2) is 4.98 Å². The number of hydrogen-bond donors (Lipinski definition) is 1.